The normalized spacial score (nSPS) is 10.2. The zero-order valence-electron chi connectivity index (χ0n) is 10.7. The minimum absolute atomic E-state index is 0.349. The largest absolute Gasteiger partial charge is 0.462 e. The van der Waals surface area contributed by atoms with Crippen LogP contribution in [0.5, 0.6) is 0 Å². The zero-order valence-corrected chi connectivity index (χ0v) is 10.7. The van der Waals surface area contributed by atoms with Crippen molar-refractivity contribution in [3.8, 4) is 0 Å². The number of pyridine rings is 1. The Morgan fingerprint density at radius 1 is 1.47 bits per heavy atom. The number of hydrogen-bond acceptors (Lipinski definition) is 5. The molecule has 6 nitrogen and oxygen atoms in total. The van der Waals surface area contributed by atoms with Gasteiger partial charge in [-0.25, -0.2) is 9.78 Å². The first-order valence-electron chi connectivity index (χ1n) is 6.14. The number of esters is 1. The molecule has 2 aromatic heterocycles. The van der Waals surface area contributed by atoms with Crippen molar-refractivity contribution in [1.82, 2.24) is 14.8 Å². The topological polar surface area (TPSA) is 69.0 Å². The third-order valence-electron chi connectivity index (χ3n) is 2.48. The van der Waals surface area contributed by atoms with Crippen LogP contribution in [0.25, 0.3) is 0 Å². The molecule has 0 spiro atoms. The highest BCUT2D eigenvalue weighted by Gasteiger charge is 2.06. The number of carbonyl (C=O) groups is 1. The van der Waals surface area contributed by atoms with Crippen LogP contribution in [0.1, 0.15) is 17.3 Å². The smallest absolute Gasteiger partial charge is 0.339 e. The van der Waals surface area contributed by atoms with Gasteiger partial charge >= 0.3 is 5.97 Å². The van der Waals surface area contributed by atoms with Gasteiger partial charge in [-0.05, 0) is 25.1 Å². The minimum Gasteiger partial charge on any atom is -0.462 e. The molecule has 1 N–H and O–H groups in total. The molecule has 2 rings (SSSR count). The van der Waals surface area contributed by atoms with Gasteiger partial charge in [0.15, 0.2) is 0 Å². The van der Waals surface area contributed by atoms with E-state index in [-0.39, 0.29) is 5.97 Å². The molecule has 0 atom stereocenters. The summed E-state index contributed by atoms with van der Waals surface area (Å²) in [7, 11) is 0. The first kappa shape index (κ1) is 13.1. The molecule has 0 radical (unpaired) electrons. The molecule has 0 saturated heterocycles. The van der Waals surface area contributed by atoms with Crippen molar-refractivity contribution in [3.63, 3.8) is 0 Å². The fraction of sp³-hybridized carbons (Fsp3) is 0.308. The van der Waals surface area contributed by atoms with Crippen LogP contribution in [0, 0.1) is 0 Å². The summed E-state index contributed by atoms with van der Waals surface area (Å²) in [6.07, 6.45) is 5.15. The maximum Gasteiger partial charge on any atom is 0.339 e. The van der Waals surface area contributed by atoms with Gasteiger partial charge in [0.05, 0.1) is 18.7 Å². The van der Waals surface area contributed by atoms with Crippen LogP contribution in [0.4, 0.5) is 5.82 Å². The molecule has 0 saturated carbocycles. The number of hydrogen-bond donors (Lipinski definition) is 1. The summed E-state index contributed by atoms with van der Waals surface area (Å²) in [6, 6.07) is 5.34. The van der Waals surface area contributed by atoms with Gasteiger partial charge in [0.2, 0.25) is 0 Å². The summed E-state index contributed by atoms with van der Waals surface area (Å²) in [5, 5.41) is 7.26. The van der Waals surface area contributed by atoms with Gasteiger partial charge < -0.3 is 10.1 Å². The van der Waals surface area contributed by atoms with Crippen LogP contribution in [0.15, 0.2) is 36.8 Å². The number of nitrogens with zero attached hydrogens (tertiary/aromatic N) is 3. The first-order chi connectivity index (χ1) is 9.29. The highest BCUT2D eigenvalue weighted by molar-refractivity contribution is 5.89. The third-order valence-corrected chi connectivity index (χ3v) is 2.48. The van der Waals surface area contributed by atoms with Crippen molar-refractivity contribution in [2.45, 2.75) is 13.5 Å². The van der Waals surface area contributed by atoms with E-state index < -0.39 is 0 Å². The molecule has 19 heavy (non-hydrogen) atoms. The Morgan fingerprint density at radius 3 is 3.00 bits per heavy atom. The summed E-state index contributed by atoms with van der Waals surface area (Å²) >= 11 is 0. The summed E-state index contributed by atoms with van der Waals surface area (Å²) < 4.78 is 6.72. The molecule has 100 valence electrons. The van der Waals surface area contributed by atoms with Crippen molar-refractivity contribution in [1.29, 1.82) is 0 Å². The van der Waals surface area contributed by atoms with E-state index in [9.17, 15) is 4.79 Å². The van der Waals surface area contributed by atoms with E-state index >= 15 is 0 Å². The van der Waals surface area contributed by atoms with E-state index in [1.165, 1.54) is 6.20 Å². The summed E-state index contributed by atoms with van der Waals surface area (Å²) in [6.45, 7) is 3.61. The Bertz CT molecular complexity index is 508. The Balaban J connectivity index is 1.83. The van der Waals surface area contributed by atoms with Crippen LogP contribution in [-0.2, 0) is 11.3 Å². The van der Waals surface area contributed by atoms with Crippen LogP contribution in [0.3, 0.4) is 0 Å². The predicted octanol–water partition coefficient (Wildman–Crippen LogP) is 1.57. The number of carbonyl (C=O) groups excluding carboxylic acids is 1. The molecule has 2 heterocycles. The number of ether oxygens (including phenoxy) is 1. The lowest BCUT2D eigenvalue weighted by molar-refractivity contribution is 0.0526. The van der Waals surface area contributed by atoms with Crippen LogP contribution in [0.2, 0.25) is 0 Å². The third kappa shape index (κ3) is 3.80. The van der Waals surface area contributed by atoms with Gasteiger partial charge in [-0.3, -0.25) is 4.68 Å². The van der Waals surface area contributed by atoms with Crippen molar-refractivity contribution in [2.75, 3.05) is 18.5 Å². The number of nitrogens with one attached hydrogen (secondary N) is 1. The highest BCUT2D eigenvalue weighted by atomic mass is 16.5. The Kier molecular flexibility index (Phi) is 4.49. The fourth-order valence-electron chi connectivity index (χ4n) is 1.56. The van der Waals surface area contributed by atoms with Gasteiger partial charge in [0.1, 0.15) is 5.82 Å². The van der Waals surface area contributed by atoms with Crippen LogP contribution >= 0.6 is 0 Å². The Labute approximate surface area is 111 Å². The molecule has 0 unspecified atom stereocenters. The highest BCUT2D eigenvalue weighted by Crippen LogP contribution is 2.06. The van der Waals surface area contributed by atoms with Crippen LogP contribution in [-0.4, -0.2) is 33.9 Å². The van der Waals surface area contributed by atoms with Crippen molar-refractivity contribution >= 4 is 11.8 Å². The fourth-order valence-corrected chi connectivity index (χ4v) is 1.56. The van der Waals surface area contributed by atoms with Crippen LogP contribution < -0.4 is 5.32 Å². The molecule has 0 fully saturated rings. The quantitative estimate of drug-likeness (QED) is 0.798. The average Bonchev–Trinajstić information content (AvgIpc) is 2.93. The lowest BCUT2D eigenvalue weighted by Gasteiger charge is -2.06. The van der Waals surface area contributed by atoms with Gasteiger partial charge in [0.25, 0.3) is 0 Å². The summed E-state index contributed by atoms with van der Waals surface area (Å²) in [4.78, 5) is 15.6. The zero-order chi connectivity index (χ0) is 13.5. The van der Waals surface area contributed by atoms with E-state index in [0.29, 0.717) is 18.7 Å². The molecule has 2 aromatic rings. The lowest BCUT2D eigenvalue weighted by atomic mass is 10.3. The second kappa shape index (κ2) is 6.53. The second-order valence-corrected chi connectivity index (χ2v) is 3.85. The maximum absolute atomic E-state index is 11.4. The molecule has 0 aliphatic carbocycles. The van der Waals surface area contributed by atoms with Gasteiger partial charge in [-0.2, -0.15) is 5.10 Å². The SMILES string of the molecule is CCOC(=O)c1ccc(NCCn2cccn2)nc1. The molecule has 6 heteroatoms. The monoisotopic (exact) mass is 260 g/mol. The Morgan fingerprint density at radius 2 is 2.37 bits per heavy atom. The van der Waals surface area contributed by atoms with Gasteiger partial charge in [-0.15, -0.1) is 0 Å². The lowest BCUT2D eigenvalue weighted by Crippen LogP contribution is -2.12. The molecule has 0 bridgehead atoms. The molecular weight excluding hydrogens is 244 g/mol. The predicted molar refractivity (Wildman–Crippen MR) is 70.9 cm³/mol. The maximum atomic E-state index is 11.4. The van der Waals surface area contributed by atoms with Crippen molar-refractivity contribution in [3.05, 3.63) is 42.4 Å². The summed E-state index contributed by atoms with van der Waals surface area (Å²) in [5.74, 6) is 0.373. The number of anilines is 1. The molecule has 0 aromatic carbocycles. The minimum atomic E-state index is -0.349. The second-order valence-electron chi connectivity index (χ2n) is 3.85. The number of aromatic nitrogens is 3. The first-order valence-corrected chi connectivity index (χ1v) is 6.14. The number of rotatable bonds is 6. The molecular formula is C13H16N4O2. The van der Waals surface area contributed by atoms with Crippen molar-refractivity contribution < 1.29 is 9.53 Å². The molecule has 0 aliphatic rings. The van der Waals surface area contributed by atoms with Gasteiger partial charge in [0, 0.05) is 25.1 Å². The standard InChI is InChI=1S/C13H16N4O2/c1-2-19-13(18)11-4-5-12(15-10-11)14-7-9-17-8-3-6-16-17/h3-6,8,10H,2,7,9H2,1H3,(H,14,15). The average molecular weight is 260 g/mol. The van der Waals surface area contributed by atoms with E-state index in [1.54, 1.807) is 25.3 Å². The molecule has 0 amide bonds. The molecule has 0 aliphatic heterocycles. The van der Waals surface area contributed by atoms with E-state index in [4.69, 9.17) is 4.74 Å². The van der Waals surface area contributed by atoms with E-state index in [2.05, 4.69) is 15.4 Å². The van der Waals surface area contributed by atoms with E-state index in [0.717, 1.165) is 12.4 Å². The Hall–Kier alpha value is -2.37. The van der Waals surface area contributed by atoms with Crippen molar-refractivity contribution in [2.24, 2.45) is 0 Å². The van der Waals surface area contributed by atoms with E-state index in [1.807, 2.05) is 16.9 Å². The summed E-state index contributed by atoms with van der Waals surface area (Å²) in [5.41, 5.74) is 0.458. The van der Waals surface area contributed by atoms with Gasteiger partial charge in [-0.1, -0.05) is 0 Å².